The summed E-state index contributed by atoms with van der Waals surface area (Å²) in [5.74, 6) is -0.860. The van der Waals surface area contributed by atoms with Gasteiger partial charge in [0.25, 0.3) is 5.91 Å². The third kappa shape index (κ3) is 3.39. The first-order valence-electron chi connectivity index (χ1n) is 7.20. The van der Waals surface area contributed by atoms with E-state index in [1.807, 2.05) is 0 Å². The van der Waals surface area contributed by atoms with E-state index in [-0.39, 0.29) is 13.2 Å². The Kier molecular flexibility index (Phi) is 4.38. The summed E-state index contributed by atoms with van der Waals surface area (Å²) in [5.41, 5.74) is 0.830. The maximum Gasteiger partial charge on any atom is 0.324 e. The molecule has 0 unspecified atom stereocenters. The second-order valence-corrected chi connectivity index (χ2v) is 5.79. The zero-order chi connectivity index (χ0) is 16.4. The molecule has 1 atom stereocenters. The van der Waals surface area contributed by atoms with Gasteiger partial charge in [0.05, 0.1) is 5.92 Å². The predicted octanol–water partition coefficient (Wildman–Crippen LogP) is 0.986. The van der Waals surface area contributed by atoms with Gasteiger partial charge in [-0.3, -0.25) is 14.5 Å². The number of nitrogens with zero attached hydrogens (tertiary/aromatic N) is 1. The van der Waals surface area contributed by atoms with Crippen molar-refractivity contribution in [1.29, 1.82) is 0 Å². The van der Waals surface area contributed by atoms with Gasteiger partial charge in [-0.1, -0.05) is 11.6 Å². The normalized spacial score (nSPS) is 19.6. The highest BCUT2D eigenvalue weighted by molar-refractivity contribution is 6.30. The maximum atomic E-state index is 12.1. The molecule has 0 aliphatic carbocycles. The minimum absolute atomic E-state index is 0.186. The molecular weight excluding hydrogens is 324 g/mol. The minimum Gasteiger partial charge on any atom is -0.492 e. The van der Waals surface area contributed by atoms with Gasteiger partial charge >= 0.3 is 12.0 Å². The molecule has 122 valence electrons. The molecule has 0 aromatic heterocycles. The van der Waals surface area contributed by atoms with Crippen LogP contribution in [0, 0.1) is 5.92 Å². The average molecular weight is 339 g/mol. The highest BCUT2D eigenvalue weighted by Gasteiger charge is 2.30. The molecule has 2 aliphatic rings. The van der Waals surface area contributed by atoms with Gasteiger partial charge in [-0.2, -0.15) is 0 Å². The molecule has 1 aromatic rings. The molecule has 2 aliphatic heterocycles. The number of urea groups is 1. The molecule has 0 spiro atoms. The molecule has 1 aromatic carbocycles. The van der Waals surface area contributed by atoms with Crippen LogP contribution in [0.4, 0.5) is 4.79 Å². The van der Waals surface area contributed by atoms with Crippen molar-refractivity contribution < 1.29 is 23.9 Å². The van der Waals surface area contributed by atoms with E-state index in [0.717, 1.165) is 10.5 Å². The van der Waals surface area contributed by atoms with Gasteiger partial charge in [-0.05, 0) is 30.2 Å². The lowest BCUT2D eigenvalue weighted by atomic mass is 9.97. The van der Waals surface area contributed by atoms with Gasteiger partial charge in [0, 0.05) is 18.1 Å². The molecule has 23 heavy (non-hydrogen) atoms. The number of rotatable bonds is 3. The molecular formula is C15H15ClN2O5. The summed E-state index contributed by atoms with van der Waals surface area (Å²) in [5, 5.41) is 3.08. The zero-order valence-electron chi connectivity index (χ0n) is 12.2. The fourth-order valence-electron chi connectivity index (χ4n) is 2.55. The lowest BCUT2D eigenvalue weighted by molar-refractivity contribution is -0.155. The lowest BCUT2D eigenvalue weighted by Crippen LogP contribution is -2.38. The fourth-order valence-corrected chi connectivity index (χ4v) is 2.75. The van der Waals surface area contributed by atoms with Crippen molar-refractivity contribution in [1.82, 2.24) is 10.2 Å². The maximum absolute atomic E-state index is 12.1. The highest BCUT2D eigenvalue weighted by atomic mass is 35.5. The Labute approximate surface area is 137 Å². The molecule has 3 amide bonds. The summed E-state index contributed by atoms with van der Waals surface area (Å²) in [6.45, 7) is 0.428. The highest BCUT2D eigenvalue weighted by Crippen LogP contribution is 2.30. The second-order valence-electron chi connectivity index (χ2n) is 5.35. The number of hydrogen-bond donors (Lipinski definition) is 1. The van der Waals surface area contributed by atoms with Crippen LogP contribution >= 0.6 is 11.6 Å². The number of ether oxygens (including phenoxy) is 2. The van der Waals surface area contributed by atoms with Gasteiger partial charge in [0.15, 0.2) is 6.61 Å². The molecule has 0 radical (unpaired) electrons. The topological polar surface area (TPSA) is 84.9 Å². The van der Waals surface area contributed by atoms with Crippen LogP contribution in [0.3, 0.4) is 0 Å². The van der Waals surface area contributed by atoms with Crippen molar-refractivity contribution in [2.75, 3.05) is 26.3 Å². The Morgan fingerprint density at radius 1 is 1.43 bits per heavy atom. The Bertz CT molecular complexity index is 663. The molecule has 0 bridgehead atoms. The van der Waals surface area contributed by atoms with Crippen molar-refractivity contribution >= 4 is 29.5 Å². The van der Waals surface area contributed by atoms with Gasteiger partial charge in [0.2, 0.25) is 0 Å². The smallest absolute Gasteiger partial charge is 0.324 e. The number of carbonyl (C=O) groups excluding carboxylic acids is 3. The number of carbonyl (C=O) groups is 3. The molecule has 3 rings (SSSR count). The van der Waals surface area contributed by atoms with Gasteiger partial charge in [0.1, 0.15) is 12.4 Å². The molecule has 7 nitrogen and oxygen atoms in total. The van der Waals surface area contributed by atoms with E-state index in [1.165, 1.54) is 0 Å². The first-order chi connectivity index (χ1) is 11.0. The van der Waals surface area contributed by atoms with Crippen molar-refractivity contribution in [3.63, 3.8) is 0 Å². The van der Waals surface area contributed by atoms with E-state index < -0.39 is 30.4 Å². The van der Waals surface area contributed by atoms with E-state index in [2.05, 4.69) is 5.32 Å². The lowest BCUT2D eigenvalue weighted by Gasteiger charge is -2.24. The number of imide groups is 1. The van der Waals surface area contributed by atoms with Crippen molar-refractivity contribution in [2.24, 2.45) is 5.92 Å². The summed E-state index contributed by atoms with van der Waals surface area (Å²) in [4.78, 5) is 36.3. The fraction of sp³-hybridized carbons (Fsp3) is 0.400. The van der Waals surface area contributed by atoms with Crippen LogP contribution in [0.15, 0.2) is 18.2 Å². The van der Waals surface area contributed by atoms with Crippen LogP contribution in [0.5, 0.6) is 5.75 Å². The van der Waals surface area contributed by atoms with Crippen LogP contribution < -0.4 is 10.1 Å². The zero-order valence-corrected chi connectivity index (χ0v) is 13.0. The summed E-state index contributed by atoms with van der Waals surface area (Å²) >= 11 is 5.93. The third-order valence-corrected chi connectivity index (χ3v) is 3.99. The van der Waals surface area contributed by atoms with Crippen molar-refractivity contribution in [3.05, 3.63) is 28.8 Å². The number of fused-ring (bicyclic) bond motifs is 1. The van der Waals surface area contributed by atoms with Crippen LogP contribution in [-0.4, -0.2) is 49.1 Å². The molecule has 0 saturated carbocycles. The second kappa shape index (κ2) is 6.45. The Morgan fingerprint density at radius 3 is 3.00 bits per heavy atom. The van der Waals surface area contributed by atoms with E-state index in [0.29, 0.717) is 23.7 Å². The van der Waals surface area contributed by atoms with Crippen LogP contribution in [0.2, 0.25) is 5.02 Å². The van der Waals surface area contributed by atoms with E-state index in [4.69, 9.17) is 21.1 Å². The van der Waals surface area contributed by atoms with Gasteiger partial charge in [-0.15, -0.1) is 0 Å². The van der Waals surface area contributed by atoms with E-state index >= 15 is 0 Å². The first-order valence-corrected chi connectivity index (χ1v) is 7.58. The number of nitrogens with one attached hydrogen (secondary N) is 1. The quantitative estimate of drug-likeness (QED) is 0.831. The molecule has 8 heteroatoms. The number of benzene rings is 1. The van der Waals surface area contributed by atoms with Crippen molar-refractivity contribution in [3.8, 4) is 5.75 Å². The molecule has 2 heterocycles. The summed E-state index contributed by atoms with van der Waals surface area (Å²) in [7, 11) is 0. The third-order valence-electron chi connectivity index (χ3n) is 3.76. The van der Waals surface area contributed by atoms with Crippen LogP contribution in [0.25, 0.3) is 0 Å². The molecule has 1 saturated heterocycles. The Morgan fingerprint density at radius 2 is 2.26 bits per heavy atom. The van der Waals surface area contributed by atoms with E-state index in [9.17, 15) is 14.4 Å². The summed E-state index contributed by atoms with van der Waals surface area (Å²) < 4.78 is 10.5. The van der Waals surface area contributed by atoms with Crippen molar-refractivity contribution in [2.45, 2.75) is 6.42 Å². The van der Waals surface area contributed by atoms with Gasteiger partial charge in [-0.25, -0.2) is 4.79 Å². The number of amides is 3. The van der Waals surface area contributed by atoms with Crippen LogP contribution in [0.1, 0.15) is 5.56 Å². The van der Waals surface area contributed by atoms with E-state index in [1.54, 1.807) is 18.2 Å². The number of halogens is 1. The summed E-state index contributed by atoms with van der Waals surface area (Å²) in [6, 6.07) is 4.76. The minimum atomic E-state index is -0.534. The number of esters is 1. The largest absolute Gasteiger partial charge is 0.492 e. The standard InChI is InChI=1S/C15H15ClN2O5/c16-11-1-2-12-9(6-11)5-10(7-22-12)14(20)23-8-13(19)18-4-3-17-15(18)21/h1-2,6,10H,3-5,7-8H2,(H,17,21)/t10-/m0/s1. The summed E-state index contributed by atoms with van der Waals surface area (Å²) in [6.07, 6.45) is 0.438. The average Bonchev–Trinajstić information content (AvgIpc) is 2.97. The first kappa shape index (κ1) is 15.6. The predicted molar refractivity (Wildman–Crippen MR) is 80.2 cm³/mol. The Balaban J connectivity index is 1.55. The number of hydrogen-bond acceptors (Lipinski definition) is 5. The van der Waals surface area contributed by atoms with Gasteiger partial charge < -0.3 is 14.8 Å². The molecule has 1 N–H and O–H groups in total. The molecule has 1 fully saturated rings. The monoisotopic (exact) mass is 338 g/mol. The Hall–Kier alpha value is -2.28. The SMILES string of the molecule is O=C(OCC(=O)N1CCNC1=O)[C@@H]1COc2ccc(Cl)cc2C1. The van der Waals surface area contributed by atoms with Crippen LogP contribution in [-0.2, 0) is 20.7 Å².